The Morgan fingerprint density at radius 1 is 1.43 bits per heavy atom. The standard InChI is InChI=1S/3ClH.Fe.HNO2/c;;;;2-1-3/h3*1H;;1H/q;;;+3;/p-3. The molecule has 0 heterocycles. The second kappa shape index (κ2) is 9.92. The van der Waals surface area contributed by atoms with Crippen molar-refractivity contribution in [2.24, 2.45) is 0 Å². The number of nitrogens with one attached hydrogen (secondary N) is 1. The van der Waals surface area contributed by atoms with E-state index in [9.17, 15) is 0 Å². The summed E-state index contributed by atoms with van der Waals surface area (Å²) in [7, 11) is 14.7. The zero-order valence-electron chi connectivity index (χ0n) is 2.80. The Balaban J connectivity index is 0. The summed E-state index contributed by atoms with van der Waals surface area (Å²) in [6, 6.07) is 0. The van der Waals surface area contributed by atoms with E-state index in [4.69, 9.17) is 40.4 Å². The van der Waals surface area contributed by atoms with Crippen molar-refractivity contribution in [2.45, 2.75) is 0 Å². The second-order valence-corrected chi connectivity index (χ2v) is 5.71. The summed E-state index contributed by atoms with van der Waals surface area (Å²) in [4.78, 5) is 8.12. The van der Waals surface area contributed by atoms with E-state index in [1.54, 1.807) is 0 Å². The molecule has 0 aliphatic rings. The summed E-state index contributed by atoms with van der Waals surface area (Å²) in [6.07, 6.45) is 0. The maximum absolute atomic E-state index is 8.12. The van der Waals surface area contributed by atoms with Crippen LogP contribution in [-0.4, -0.2) is 0 Å². The fraction of sp³-hybridized carbons (Fsp3) is 0. The van der Waals surface area contributed by atoms with Gasteiger partial charge in [-0.1, -0.05) is 0 Å². The van der Waals surface area contributed by atoms with E-state index in [2.05, 4.69) is 0 Å². The summed E-state index contributed by atoms with van der Waals surface area (Å²) in [5, 5.41) is 8.38. The van der Waals surface area contributed by atoms with Gasteiger partial charge in [0.2, 0.25) is 0 Å². The van der Waals surface area contributed by atoms with Crippen LogP contribution < -0.4 is 5.34 Å². The Hall–Kier alpha value is 0.789. The van der Waals surface area contributed by atoms with Crippen LogP contribution in [-0.2, 0) is 11.2 Å². The summed E-state index contributed by atoms with van der Waals surface area (Å²) in [5.74, 6) is 0. The summed E-state index contributed by atoms with van der Waals surface area (Å²) >= 11 is -1.33. The molecule has 0 unspecified atom stereocenters. The third kappa shape index (κ3) is 250. The van der Waals surface area contributed by atoms with E-state index in [0.29, 0.717) is 0 Å². The van der Waals surface area contributed by atoms with Gasteiger partial charge in [-0.3, -0.25) is 10.1 Å². The first-order valence-corrected chi connectivity index (χ1v) is 5.37. The Labute approximate surface area is 57.0 Å². The van der Waals surface area contributed by atoms with Gasteiger partial charge in [-0.15, -0.1) is 0 Å². The van der Waals surface area contributed by atoms with Gasteiger partial charge in [0.15, 0.2) is 0 Å². The van der Waals surface area contributed by atoms with Crippen molar-refractivity contribution in [3.8, 4) is 0 Å². The molecule has 0 aromatic rings. The van der Waals surface area contributed by atoms with Crippen LogP contribution in [0.2, 0.25) is 0 Å². The van der Waals surface area contributed by atoms with E-state index in [0.717, 1.165) is 0 Å². The van der Waals surface area contributed by atoms with Gasteiger partial charge >= 0.3 is 41.5 Å². The molecule has 0 saturated heterocycles. The van der Waals surface area contributed by atoms with Crippen LogP contribution in [0.5, 0.6) is 0 Å². The summed E-state index contributed by atoms with van der Waals surface area (Å²) in [5.41, 5.74) is 0. The molecular weight excluding hydrogens is 208 g/mol. The first-order chi connectivity index (χ1) is 3.15. The Morgan fingerprint density at radius 3 is 1.43 bits per heavy atom. The van der Waals surface area contributed by atoms with Crippen molar-refractivity contribution in [3.05, 3.63) is 10.1 Å². The number of hydrogen-bond donors (Lipinski definition) is 1. The third-order valence-corrected chi connectivity index (χ3v) is 0. The minimum absolute atomic E-state index is 0.250. The SMILES string of the molecule is O=[NH+][O-].[Cl][Fe]([Cl])[Cl]. The van der Waals surface area contributed by atoms with Crippen molar-refractivity contribution in [2.75, 3.05) is 0 Å². The van der Waals surface area contributed by atoms with Crippen LogP contribution in [0.15, 0.2) is 0 Å². The van der Waals surface area contributed by atoms with Crippen molar-refractivity contribution in [1.82, 2.24) is 0 Å². The fourth-order valence-corrected chi connectivity index (χ4v) is 0. The number of halogens is 3. The molecule has 0 radical (unpaired) electrons. The van der Waals surface area contributed by atoms with Gasteiger partial charge in [0, 0.05) is 5.34 Å². The molecule has 0 atom stereocenters. The van der Waals surface area contributed by atoms with Crippen LogP contribution in [0.25, 0.3) is 0 Å². The fourth-order valence-electron chi connectivity index (χ4n) is 0. The van der Waals surface area contributed by atoms with E-state index in [1.165, 1.54) is 0 Å². The average molecular weight is 209 g/mol. The zero-order chi connectivity index (χ0) is 6.28. The molecule has 0 saturated carbocycles. The summed E-state index contributed by atoms with van der Waals surface area (Å²) in [6.45, 7) is 0. The zero-order valence-corrected chi connectivity index (χ0v) is 6.18. The first-order valence-electron chi connectivity index (χ1n) is 0.809. The molecule has 47 valence electrons. The van der Waals surface area contributed by atoms with Crippen molar-refractivity contribution < 1.29 is 16.5 Å². The van der Waals surface area contributed by atoms with Gasteiger partial charge in [0.25, 0.3) is 0 Å². The Morgan fingerprint density at radius 2 is 1.43 bits per heavy atom. The monoisotopic (exact) mass is 208 g/mol. The van der Waals surface area contributed by atoms with E-state index in [-0.39, 0.29) is 5.34 Å². The number of rotatable bonds is 0. The average Bonchev–Trinajstić information content (AvgIpc) is 1.33. The molecule has 3 nitrogen and oxygen atoms in total. The van der Waals surface area contributed by atoms with Crippen molar-refractivity contribution in [1.29, 1.82) is 0 Å². The van der Waals surface area contributed by atoms with Gasteiger partial charge < -0.3 is 0 Å². The first kappa shape index (κ1) is 10.7. The third-order valence-electron chi connectivity index (χ3n) is 0. The van der Waals surface area contributed by atoms with E-state index in [1.807, 2.05) is 0 Å². The van der Waals surface area contributed by atoms with Crippen LogP contribution in [0.1, 0.15) is 0 Å². The predicted octanol–water partition coefficient (Wildman–Crippen LogP) is 0.397. The quantitative estimate of drug-likeness (QED) is 0.356. The minimum atomic E-state index is -1.33. The predicted molar refractivity (Wildman–Crippen MR) is 25.3 cm³/mol. The molecular formula is HCl3FeNO2. The Kier molecular flexibility index (Phi) is 15.2. The molecule has 1 N–H and O–H groups in total. The van der Waals surface area contributed by atoms with Gasteiger partial charge in [-0.2, -0.15) is 0 Å². The van der Waals surface area contributed by atoms with Crippen LogP contribution in [0.3, 0.4) is 0 Å². The molecule has 0 aliphatic heterocycles. The van der Waals surface area contributed by atoms with E-state index >= 15 is 0 Å². The van der Waals surface area contributed by atoms with Crippen molar-refractivity contribution >= 4 is 30.3 Å². The molecule has 0 aromatic heterocycles. The Bertz CT molecular complexity index is 37.2. The molecule has 7 heavy (non-hydrogen) atoms. The molecule has 0 aromatic carbocycles. The van der Waals surface area contributed by atoms with E-state index < -0.39 is 11.2 Å². The second-order valence-electron chi connectivity index (χ2n) is 0.235. The molecule has 7 heteroatoms. The van der Waals surface area contributed by atoms with Crippen molar-refractivity contribution in [3.63, 3.8) is 0 Å². The van der Waals surface area contributed by atoms with Gasteiger partial charge in [-0.05, 0) is 0 Å². The molecule has 0 amide bonds. The van der Waals surface area contributed by atoms with Crippen LogP contribution in [0.4, 0.5) is 0 Å². The molecule has 0 spiro atoms. The summed E-state index contributed by atoms with van der Waals surface area (Å²) < 4.78 is 0. The van der Waals surface area contributed by atoms with Crippen LogP contribution >= 0.6 is 30.3 Å². The van der Waals surface area contributed by atoms with Gasteiger partial charge in [-0.25, -0.2) is 0 Å². The molecule has 0 bridgehead atoms. The molecule has 0 rings (SSSR count). The topological polar surface area (TPSA) is 54.1 Å². The molecule has 0 aliphatic carbocycles. The van der Waals surface area contributed by atoms with Gasteiger partial charge in [0.1, 0.15) is 0 Å². The number of hydrogen-bond acceptors (Lipinski definition) is 2. The maximum atomic E-state index is 8.12. The van der Waals surface area contributed by atoms with Crippen LogP contribution in [0, 0.1) is 10.1 Å². The van der Waals surface area contributed by atoms with Gasteiger partial charge in [0.05, 0.1) is 0 Å². The molecule has 0 fully saturated rings. The normalized spacial score (nSPS) is 8.14.